The number of hydrogen-bond acceptors (Lipinski definition) is 2. The molecular weight excluding hydrogens is 198 g/mol. The number of furan rings is 1. The second kappa shape index (κ2) is 4.03. The molecular formula is C11H12ClNO. The summed E-state index contributed by atoms with van der Waals surface area (Å²) < 4.78 is 5.60. The summed E-state index contributed by atoms with van der Waals surface area (Å²) in [5.41, 5.74) is 0.852. The summed E-state index contributed by atoms with van der Waals surface area (Å²) in [5, 5.41) is 5.02. The lowest BCUT2D eigenvalue weighted by Gasteiger charge is -1.94. The molecule has 74 valence electrons. The minimum Gasteiger partial charge on any atom is -0.460 e. The van der Waals surface area contributed by atoms with E-state index in [1.165, 1.54) is 0 Å². The highest BCUT2D eigenvalue weighted by molar-refractivity contribution is 6.31. The Hall–Kier alpha value is -0.990. The van der Waals surface area contributed by atoms with Gasteiger partial charge in [0.05, 0.1) is 6.54 Å². The molecule has 1 heterocycles. The van der Waals surface area contributed by atoms with Gasteiger partial charge in [0.2, 0.25) is 0 Å². The van der Waals surface area contributed by atoms with Crippen molar-refractivity contribution in [3.05, 3.63) is 35.0 Å². The Labute approximate surface area is 87.9 Å². The predicted molar refractivity (Wildman–Crippen MR) is 58.6 cm³/mol. The zero-order valence-corrected chi connectivity index (χ0v) is 8.77. The Kier molecular flexibility index (Phi) is 2.75. The highest BCUT2D eigenvalue weighted by Crippen LogP contribution is 2.22. The Morgan fingerprint density at radius 2 is 2.21 bits per heavy atom. The second-order valence-corrected chi connectivity index (χ2v) is 3.61. The number of benzene rings is 1. The van der Waals surface area contributed by atoms with E-state index in [4.69, 9.17) is 16.0 Å². The minimum absolute atomic E-state index is 0.710. The van der Waals surface area contributed by atoms with Crippen LogP contribution in [0.5, 0.6) is 0 Å². The third-order valence-electron chi connectivity index (χ3n) is 2.08. The fraction of sp³-hybridized carbons (Fsp3) is 0.273. The maximum absolute atomic E-state index is 5.86. The lowest BCUT2D eigenvalue weighted by atomic mass is 10.2. The lowest BCUT2D eigenvalue weighted by molar-refractivity contribution is 0.520. The van der Waals surface area contributed by atoms with Crippen molar-refractivity contribution in [1.82, 2.24) is 5.32 Å². The first-order chi connectivity index (χ1) is 6.79. The van der Waals surface area contributed by atoms with Crippen molar-refractivity contribution < 1.29 is 4.42 Å². The monoisotopic (exact) mass is 209 g/mol. The van der Waals surface area contributed by atoms with Gasteiger partial charge in [0, 0.05) is 16.5 Å². The van der Waals surface area contributed by atoms with Gasteiger partial charge in [-0.3, -0.25) is 0 Å². The first-order valence-electron chi connectivity index (χ1n) is 4.68. The molecule has 0 aliphatic rings. The van der Waals surface area contributed by atoms with Crippen LogP contribution in [0.4, 0.5) is 0 Å². The van der Waals surface area contributed by atoms with E-state index >= 15 is 0 Å². The number of rotatable bonds is 3. The van der Waals surface area contributed by atoms with Crippen molar-refractivity contribution >= 4 is 22.6 Å². The summed E-state index contributed by atoms with van der Waals surface area (Å²) in [5.74, 6) is 0.948. The van der Waals surface area contributed by atoms with Gasteiger partial charge in [0.1, 0.15) is 11.3 Å². The number of halogens is 1. The van der Waals surface area contributed by atoms with E-state index in [0.717, 1.165) is 29.8 Å². The van der Waals surface area contributed by atoms with E-state index in [1.54, 1.807) is 0 Å². The molecule has 0 aliphatic carbocycles. The first kappa shape index (κ1) is 9.56. The minimum atomic E-state index is 0.710. The fourth-order valence-electron chi connectivity index (χ4n) is 1.40. The second-order valence-electron chi connectivity index (χ2n) is 3.18. The van der Waals surface area contributed by atoms with E-state index in [0.29, 0.717) is 5.02 Å². The zero-order valence-electron chi connectivity index (χ0n) is 8.01. The van der Waals surface area contributed by atoms with Gasteiger partial charge in [0.15, 0.2) is 0 Å². The normalized spacial score (nSPS) is 11.0. The molecule has 0 radical (unpaired) electrons. The van der Waals surface area contributed by atoms with Gasteiger partial charge in [-0.05, 0) is 24.7 Å². The van der Waals surface area contributed by atoms with Gasteiger partial charge in [-0.1, -0.05) is 18.5 Å². The van der Waals surface area contributed by atoms with E-state index in [1.807, 2.05) is 24.3 Å². The maximum atomic E-state index is 5.86. The van der Waals surface area contributed by atoms with Crippen molar-refractivity contribution in [3.8, 4) is 0 Å². The molecule has 1 aromatic carbocycles. The van der Waals surface area contributed by atoms with Crippen LogP contribution >= 0.6 is 11.6 Å². The Morgan fingerprint density at radius 3 is 3.00 bits per heavy atom. The quantitative estimate of drug-likeness (QED) is 0.840. The molecule has 14 heavy (non-hydrogen) atoms. The van der Waals surface area contributed by atoms with E-state index in [2.05, 4.69) is 12.2 Å². The van der Waals surface area contributed by atoms with E-state index in [-0.39, 0.29) is 0 Å². The van der Waals surface area contributed by atoms with Gasteiger partial charge in [-0.25, -0.2) is 0 Å². The van der Waals surface area contributed by atoms with Crippen LogP contribution in [0.25, 0.3) is 11.0 Å². The predicted octanol–water partition coefficient (Wildman–Crippen LogP) is 3.20. The molecule has 2 nitrogen and oxygen atoms in total. The van der Waals surface area contributed by atoms with Crippen molar-refractivity contribution in [3.63, 3.8) is 0 Å². The molecule has 0 saturated carbocycles. The number of hydrogen-bond donors (Lipinski definition) is 1. The van der Waals surface area contributed by atoms with Crippen LogP contribution < -0.4 is 5.32 Å². The van der Waals surface area contributed by atoms with Gasteiger partial charge in [-0.2, -0.15) is 0 Å². The fourth-order valence-corrected chi connectivity index (χ4v) is 1.56. The summed E-state index contributed by atoms with van der Waals surface area (Å²) in [6, 6.07) is 7.72. The summed E-state index contributed by atoms with van der Waals surface area (Å²) >= 11 is 5.86. The Balaban J connectivity index is 2.32. The standard InChI is InChI=1S/C11H12ClNO/c1-2-13-7-10-5-8-3-4-9(12)6-11(8)14-10/h3-6,13H,2,7H2,1H3. The summed E-state index contributed by atoms with van der Waals surface area (Å²) in [6.45, 7) is 3.78. The average molecular weight is 210 g/mol. The van der Waals surface area contributed by atoms with Crippen molar-refractivity contribution in [2.45, 2.75) is 13.5 Å². The zero-order chi connectivity index (χ0) is 9.97. The van der Waals surface area contributed by atoms with Crippen molar-refractivity contribution in [2.24, 2.45) is 0 Å². The number of nitrogens with one attached hydrogen (secondary N) is 1. The molecule has 0 saturated heterocycles. The molecule has 0 amide bonds. The van der Waals surface area contributed by atoms with Gasteiger partial charge >= 0.3 is 0 Å². The molecule has 3 heteroatoms. The van der Waals surface area contributed by atoms with Crippen LogP contribution in [0.15, 0.2) is 28.7 Å². The lowest BCUT2D eigenvalue weighted by Crippen LogP contribution is -2.10. The van der Waals surface area contributed by atoms with Crippen LogP contribution in [-0.2, 0) is 6.54 Å². The molecule has 2 aromatic rings. The smallest absolute Gasteiger partial charge is 0.135 e. The molecule has 0 aliphatic heterocycles. The Bertz CT molecular complexity index is 436. The van der Waals surface area contributed by atoms with Gasteiger partial charge in [-0.15, -0.1) is 0 Å². The summed E-state index contributed by atoms with van der Waals surface area (Å²) in [4.78, 5) is 0. The van der Waals surface area contributed by atoms with Gasteiger partial charge in [0.25, 0.3) is 0 Å². The summed E-state index contributed by atoms with van der Waals surface area (Å²) in [6.07, 6.45) is 0. The molecule has 2 rings (SSSR count). The molecule has 0 unspecified atom stereocenters. The summed E-state index contributed by atoms with van der Waals surface area (Å²) in [7, 11) is 0. The topological polar surface area (TPSA) is 25.2 Å². The van der Waals surface area contributed by atoms with Gasteiger partial charge < -0.3 is 9.73 Å². The van der Waals surface area contributed by atoms with Crippen LogP contribution in [0, 0.1) is 0 Å². The average Bonchev–Trinajstić information content (AvgIpc) is 2.56. The van der Waals surface area contributed by atoms with E-state index in [9.17, 15) is 0 Å². The highest BCUT2D eigenvalue weighted by atomic mass is 35.5. The Morgan fingerprint density at radius 1 is 1.36 bits per heavy atom. The third-order valence-corrected chi connectivity index (χ3v) is 2.32. The maximum Gasteiger partial charge on any atom is 0.135 e. The van der Waals surface area contributed by atoms with Crippen LogP contribution in [0.2, 0.25) is 5.02 Å². The third kappa shape index (κ3) is 1.91. The molecule has 0 spiro atoms. The first-order valence-corrected chi connectivity index (χ1v) is 5.06. The molecule has 0 bridgehead atoms. The highest BCUT2D eigenvalue weighted by Gasteiger charge is 2.02. The molecule has 1 N–H and O–H groups in total. The largest absolute Gasteiger partial charge is 0.460 e. The van der Waals surface area contributed by atoms with Crippen molar-refractivity contribution in [2.75, 3.05) is 6.54 Å². The van der Waals surface area contributed by atoms with Crippen LogP contribution in [-0.4, -0.2) is 6.54 Å². The number of fused-ring (bicyclic) bond motifs is 1. The molecule has 0 fully saturated rings. The van der Waals surface area contributed by atoms with Crippen LogP contribution in [0.1, 0.15) is 12.7 Å². The van der Waals surface area contributed by atoms with Crippen LogP contribution in [0.3, 0.4) is 0 Å². The molecule has 0 atom stereocenters. The molecule has 1 aromatic heterocycles. The van der Waals surface area contributed by atoms with Crippen molar-refractivity contribution in [1.29, 1.82) is 0 Å². The SMILES string of the molecule is CCNCc1cc2ccc(Cl)cc2o1. The van der Waals surface area contributed by atoms with E-state index < -0.39 is 0 Å².